The van der Waals surface area contributed by atoms with E-state index in [0.717, 1.165) is 44.9 Å². The Hall–Kier alpha value is -1.54. The van der Waals surface area contributed by atoms with Crippen LogP contribution in [0.1, 0.15) is 341 Å². The summed E-state index contributed by atoms with van der Waals surface area (Å²) in [4.78, 5) is 23.4. The molecular weight excluding hydrogens is 996 g/mol. The second-order valence-electron chi connectivity index (χ2n) is 24.9. The highest BCUT2D eigenvalue weighted by Gasteiger charge is 2.28. The van der Waals surface area contributed by atoms with Crippen molar-refractivity contribution in [3.8, 4) is 0 Å². The monoisotopic (exact) mass is 1130 g/mol. The molecule has 0 fully saturated rings. The molecule has 0 saturated carbocycles. The average molecular weight is 1130 g/mol. The number of nitrogens with zero attached hydrogens (tertiary/aromatic N) is 1. The molecule has 0 aromatic rings. The molecular formula is C70H136N2O6P+. The van der Waals surface area contributed by atoms with E-state index in [9.17, 15) is 19.4 Å². The molecule has 0 radical (unpaired) electrons. The van der Waals surface area contributed by atoms with E-state index in [1.165, 1.54) is 276 Å². The number of nitrogens with one attached hydrogen (secondary N) is 1. The van der Waals surface area contributed by atoms with E-state index in [1.54, 1.807) is 6.08 Å². The van der Waals surface area contributed by atoms with Crippen LogP contribution < -0.4 is 5.32 Å². The van der Waals surface area contributed by atoms with Gasteiger partial charge in [-0.25, -0.2) is 4.57 Å². The lowest BCUT2D eigenvalue weighted by Crippen LogP contribution is -2.45. The third kappa shape index (κ3) is 63.9. The maximum atomic E-state index is 13.0. The lowest BCUT2D eigenvalue weighted by Gasteiger charge is -2.25. The molecule has 9 heteroatoms. The summed E-state index contributed by atoms with van der Waals surface area (Å²) in [5.41, 5.74) is 0. The summed E-state index contributed by atoms with van der Waals surface area (Å²) in [7, 11) is 1.56. The van der Waals surface area contributed by atoms with Gasteiger partial charge < -0.3 is 19.8 Å². The molecule has 0 rings (SSSR count). The Labute approximate surface area is 492 Å². The molecule has 0 spiro atoms. The zero-order chi connectivity index (χ0) is 57.7. The molecule has 0 aliphatic carbocycles. The Morgan fingerprint density at radius 2 is 0.734 bits per heavy atom. The first-order chi connectivity index (χ1) is 38.5. The molecule has 1 amide bonds. The van der Waals surface area contributed by atoms with E-state index in [-0.39, 0.29) is 19.1 Å². The molecule has 0 aliphatic heterocycles. The van der Waals surface area contributed by atoms with Gasteiger partial charge in [-0.15, -0.1) is 0 Å². The molecule has 0 saturated heterocycles. The van der Waals surface area contributed by atoms with Crippen molar-refractivity contribution in [2.75, 3.05) is 40.9 Å². The minimum Gasteiger partial charge on any atom is -0.387 e. The first-order valence-electron chi connectivity index (χ1n) is 34.5. The summed E-state index contributed by atoms with van der Waals surface area (Å²) in [5, 5.41) is 13.9. The van der Waals surface area contributed by atoms with Gasteiger partial charge in [0.1, 0.15) is 13.2 Å². The van der Waals surface area contributed by atoms with Crippen molar-refractivity contribution in [3.63, 3.8) is 0 Å². The number of phosphoric acid groups is 1. The summed E-state index contributed by atoms with van der Waals surface area (Å²) < 4.78 is 23.7. The number of carbonyl (C=O) groups is 1. The molecule has 0 heterocycles. The molecule has 3 N–H and O–H groups in total. The number of rotatable bonds is 64. The third-order valence-corrected chi connectivity index (χ3v) is 16.8. The fourth-order valence-electron chi connectivity index (χ4n) is 10.4. The van der Waals surface area contributed by atoms with Crippen molar-refractivity contribution in [1.82, 2.24) is 5.32 Å². The summed E-state index contributed by atoms with van der Waals surface area (Å²) >= 11 is 0. The lowest BCUT2D eigenvalue weighted by atomic mass is 10.0. The van der Waals surface area contributed by atoms with Crippen molar-refractivity contribution in [1.29, 1.82) is 0 Å². The van der Waals surface area contributed by atoms with Crippen LogP contribution in [0, 0.1) is 0 Å². The number of aliphatic hydroxyl groups is 1. The zero-order valence-electron chi connectivity index (χ0n) is 53.4. The van der Waals surface area contributed by atoms with Gasteiger partial charge in [0, 0.05) is 6.42 Å². The largest absolute Gasteiger partial charge is 0.472 e. The molecule has 3 atom stereocenters. The smallest absolute Gasteiger partial charge is 0.387 e. The summed E-state index contributed by atoms with van der Waals surface area (Å²) in [5.74, 6) is -0.182. The zero-order valence-corrected chi connectivity index (χ0v) is 54.3. The van der Waals surface area contributed by atoms with Gasteiger partial charge in [-0.1, -0.05) is 319 Å². The van der Waals surface area contributed by atoms with Gasteiger partial charge in [-0.3, -0.25) is 13.8 Å². The van der Waals surface area contributed by atoms with Crippen LogP contribution in [0.15, 0.2) is 48.6 Å². The number of aliphatic hydroxyl groups excluding tert-OH is 1. The molecule has 8 nitrogen and oxygen atoms in total. The van der Waals surface area contributed by atoms with Crippen LogP contribution in [0.4, 0.5) is 0 Å². The van der Waals surface area contributed by atoms with Crippen molar-refractivity contribution >= 4 is 13.7 Å². The summed E-state index contributed by atoms with van der Waals surface area (Å²) in [6, 6.07) is -0.864. The van der Waals surface area contributed by atoms with Crippen LogP contribution in [0.3, 0.4) is 0 Å². The minimum atomic E-state index is -4.36. The number of carbonyl (C=O) groups excluding carboxylic acids is 1. The maximum Gasteiger partial charge on any atom is 0.472 e. The number of unbranched alkanes of at least 4 members (excludes halogenated alkanes) is 45. The molecule has 466 valence electrons. The van der Waals surface area contributed by atoms with E-state index in [4.69, 9.17) is 9.05 Å². The topological polar surface area (TPSA) is 105 Å². The minimum absolute atomic E-state index is 0.0567. The Balaban J connectivity index is 3.97. The first kappa shape index (κ1) is 77.5. The highest BCUT2D eigenvalue weighted by atomic mass is 31.2. The van der Waals surface area contributed by atoms with Crippen molar-refractivity contribution in [2.45, 2.75) is 353 Å². The second-order valence-corrected chi connectivity index (χ2v) is 26.4. The number of quaternary nitrogens is 1. The Kier molecular flexibility index (Phi) is 59.8. The van der Waals surface area contributed by atoms with Crippen molar-refractivity contribution in [2.24, 2.45) is 0 Å². The Bertz CT molecular complexity index is 1430. The summed E-state index contributed by atoms with van der Waals surface area (Å²) in [6.45, 7) is 4.84. The normalized spacial score (nSPS) is 14.0. The van der Waals surface area contributed by atoms with Gasteiger partial charge in [0.05, 0.1) is 39.9 Å². The number of likely N-dealkylation sites (N-methyl/N-ethyl adjacent to an activating group) is 1. The number of allylic oxidation sites excluding steroid dienone is 7. The number of hydrogen-bond donors (Lipinski definition) is 3. The van der Waals surface area contributed by atoms with E-state index in [1.807, 2.05) is 27.2 Å². The van der Waals surface area contributed by atoms with E-state index in [0.29, 0.717) is 17.4 Å². The molecule has 0 aliphatic rings. The maximum absolute atomic E-state index is 13.0. The van der Waals surface area contributed by atoms with Crippen molar-refractivity contribution in [3.05, 3.63) is 48.6 Å². The highest BCUT2D eigenvalue weighted by Crippen LogP contribution is 2.43. The summed E-state index contributed by atoms with van der Waals surface area (Å²) in [6.07, 6.45) is 82.7. The molecule has 0 bridgehead atoms. The predicted molar refractivity (Wildman–Crippen MR) is 346 cm³/mol. The van der Waals surface area contributed by atoms with Gasteiger partial charge in [-0.05, 0) is 64.2 Å². The van der Waals surface area contributed by atoms with Crippen LogP contribution in [-0.4, -0.2) is 73.4 Å². The second kappa shape index (κ2) is 61.0. The van der Waals surface area contributed by atoms with Crippen LogP contribution in [0.2, 0.25) is 0 Å². The number of hydrogen-bond acceptors (Lipinski definition) is 5. The Morgan fingerprint density at radius 3 is 1.09 bits per heavy atom. The van der Waals surface area contributed by atoms with Gasteiger partial charge in [-0.2, -0.15) is 0 Å². The molecule has 3 unspecified atom stereocenters. The van der Waals surface area contributed by atoms with Gasteiger partial charge in [0.25, 0.3) is 0 Å². The van der Waals surface area contributed by atoms with E-state index in [2.05, 4.69) is 55.6 Å². The molecule has 0 aromatic heterocycles. The van der Waals surface area contributed by atoms with Gasteiger partial charge in [0.15, 0.2) is 0 Å². The molecule has 79 heavy (non-hydrogen) atoms. The quantitative estimate of drug-likeness (QED) is 0.0243. The van der Waals surface area contributed by atoms with Gasteiger partial charge >= 0.3 is 7.82 Å². The number of amides is 1. The lowest BCUT2D eigenvalue weighted by molar-refractivity contribution is -0.870. The van der Waals surface area contributed by atoms with E-state index < -0.39 is 20.0 Å². The van der Waals surface area contributed by atoms with Crippen LogP contribution in [0.25, 0.3) is 0 Å². The predicted octanol–water partition coefficient (Wildman–Crippen LogP) is 21.8. The standard InChI is InChI=1S/C70H135N2O6P/c1-6-8-10-12-14-16-18-20-22-24-26-27-28-29-30-31-32-33-34-35-36-37-38-39-40-41-42-43-44-45-46-48-50-52-54-56-58-60-62-64-70(74)71-68(67-78-79(75,76)77-66-65-72(3,4)5)69(73)63-61-59-57-55-53-51-49-47-25-23-21-19-17-15-13-11-9-7-2/h32-33,35-36,53,55,61,63,68-69,73H,6-31,34,37-52,54,56-60,62,64-67H2,1-5H3,(H-,71,74,75,76)/p+1/b33-32-,36-35-,55-53+,63-61+. The fourth-order valence-corrected chi connectivity index (χ4v) is 11.1. The molecule has 0 aromatic carbocycles. The van der Waals surface area contributed by atoms with Crippen LogP contribution in [0.5, 0.6) is 0 Å². The SMILES string of the molecule is CCCCCCCCCCCCCC/C=C/CC/C=C/C(O)C(COP(=O)(O)OCC[N+](C)(C)C)NC(=O)CCCCCCCCCCCCCCCCCCC/C=C\C/C=C\CCCCCCCCCCCCCCCCC. The van der Waals surface area contributed by atoms with Crippen molar-refractivity contribution < 1.29 is 32.9 Å². The van der Waals surface area contributed by atoms with E-state index >= 15 is 0 Å². The Morgan fingerprint density at radius 1 is 0.430 bits per heavy atom. The first-order valence-corrected chi connectivity index (χ1v) is 36.0. The van der Waals surface area contributed by atoms with Crippen LogP contribution in [-0.2, 0) is 18.4 Å². The van der Waals surface area contributed by atoms with Gasteiger partial charge in [0.2, 0.25) is 5.91 Å². The van der Waals surface area contributed by atoms with Crippen LogP contribution >= 0.6 is 7.82 Å². The highest BCUT2D eigenvalue weighted by molar-refractivity contribution is 7.47. The average Bonchev–Trinajstić information content (AvgIpc) is 3.42. The third-order valence-electron chi connectivity index (χ3n) is 15.8. The number of phosphoric ester groups is 1. The fraction of sp³-hybridized carbons (Fsp3) is 0.871.